The second-order valence-electron chi connectivity index (χ2n) is 4.97. The van der Waals surface area contributed by atoms with E-state index in [9.17, 15) is 0 Å². The molecular weight excluding hydrogens is 234 g/mol. The first kappa shape index (κ1) is 16.3. The number of rotatable bonds is 5. The Bertz CT molecular complexity index is 309. The van der Waals surface area contributed by atoms with Crippen molar-refractivity contribution in [1.29, 1.82) is 0 Å². The van der Waals surface area contributed by atoms with E-state index in [2.05, 4.69) is 26.0 Å². The summed E-state index contributed by atoms with van der Waals surface area (Å²) in [5.41, 5.74) is 7.29. The van der Waals surface area contributed by atoms with Gasteiger partial charge in [0.2, 0.25) is 0 Å². The van der Waals surface area contributed by atoms with Crippen LogP contribution in [0.4, 0.5) is 0 Å². The lowest BCUT2D eigenvalue weighted by atomic mass is 9.98. The average molecular weight is 258 g/mol. The van der Waals surface area contributed by atoms with E-state index >= 15 is 0 Å². The Balaban J connectivity index is 0.00000256. The zero-order valence-electron chi connectivity index (χ0n) is 11.1. The maximum atomic E-state index is 6.11. The summed E-state index contributed by atoms with van der Waals surface area (Å²) in [5, 5.41) is 0. The standard InChI is InChI=1S/C14H23NO.ClH/c1-10(2)9-14(15)12-5-7-13(8-6-12)16-11(3)4;/h5-8,10-11,14H,9,15H2,1-4H3;1H/t14-;/m0./s1. The lowest BCUT2D eigenvalue weighted by Gasteiger charge is -2.15. The first-order chi connectivity index (χ1) is 7.49. The molecule has 0 aliphatic heterocycles. The fourth-order valence-corrected chi connectivity index (χ4v) is 1.71. The van der Waals surface area contributed by atoms with Crippen LogP contribution in [-0.2, 0) is 0 Å². The summed E-state index contributed by atoms with van der Waals surface area (Å²) in [7, 11) is 0. The Morgan fingerprint density at radius 3 is 2.00 bits per heavy atom. The minimum atomic E-state index is 0. The molecule has 3 heteroatoms. The number of benzene rings is 1. The third-order valence-corrected chi connectivity index (χ3v) is 2.41. The lowest BCUT2D eigenvalue weighted by Crippen LogP contribution is -2.13. The van der Waals surface area contributed by atoms with Crippen LogP contribution in [-0.4, -0.2) is 6.10 Å². The van der Waals surface area contributed by atoms with Crippen LogP contribution in [0.25, 0.3) is 0 Å². The summed E-state index contributed by atoms with van der Waals surface area (Å²) in [6, 6.07) is 8.24. The van der Waals surface area contributed by atoms with Gasteiger partial charge in [-0.05, 0) is 43.9 Å². The Morgan fingerprint density at radius 1 is 1.06 bits per heavy atom. The summed E-state index contributed by atoms with van der Waals surface area (Å²) in [5.74, 6) is 1.54. The molecule has 0 saturated heterocycles. The van der Waals surface area contributed by atoms with Crippen LogP contribution in [0, 0.1) is 5.92 Å². The molecule has 0 aliphatic carbocycles. The van der Waals surface area contributed by atoms with Gasteiger partial charge in [-0.3, -0.25) is 0 Å². The molecule has 0 spiro atoms. The highest BCUT2D eigenvalue weighted by Crippen LogP contribution is 2.21. The molecular formula is C14H24ClNO. The summed E-state index contributed by atoms with van der Waals surface area (Å²) in [6.07, 6.45) is 1.24. The smallest absolute Gasteiger partial charge is 0.119 e. The van der Waals surface area contributed by atoms with E-state index in [0.29, 0.717) is 5.92 Å². The molecule has 0 aliphatic rings. The van der Waals surface area contributed by atoms with Gasteiger partial charge < -0.3 is 10.5 Å². The molecule has 17 heavy (non-hydrogen) atoms. The molecule has 1 aromatic rings. The molecule has 1 rings (SSSR count). The van der Waals surface area contributed by atoms with E-state index in [4.69, 9.17) is 10.5 Å². The number of hydrogen-bond donors (Lipinski definition) is 1. The predicted octanol–water partition coefficient (Wildman–Crippen LogP) is 3.94. The van der Waals surface area contributed by atoms with Gasteiger partial charge in [-0.2, -0.15) is 0 Å². The van der Waals surface area contributed by atoms with Crippen LogP contribution in [0.5, 0.6) is 5.75 Å². The monoisotopic (exact) mass is 257 g/mol. The molecule has 0 saturated carbocycles. The SMILES string of the molecule is CC(C)C[C@H](N)c1ccc(OC(C)C)cc1.Cl. The highest BCUT2D eigenvalue weighted by molar-refractivity contribution is 5.85. The third-order valence-electron chi connectivity index (χ3n) is 2.41. The highest BCUT2D eigenvalue weighted by atomic mass is 35.5. The average Bonchev–Trinajstić information content (AvgIpc) is 2.16. The van der Waals surface area contributed by atoms with Gasteiger partial charge in [0.05, 0.1) is 6.10 Å². The Labute approximate surface area is 111 Å². The topological polar surface area (TPSA) is 35.2 Å². The summed E-state index contributed by atoms with van der Waals surface area (Å²) in [6.45, 7) is 8.43. The van der Waals surface area contributed by atoms with Gasteiger partial charge in [0.1, 0.15) is 5.75 Å². The van der Waals surface area contributed by atoms with Crippen LogP contribution in [0.1, 0.15) is 45.7 Å². The van der Waals surface area contributed by atoms with Crippen molar-refractivity contribution < 1.29 is 4.74 Å². The minimum Gasteiger partial charge on any atom is -0.491 e. The van der Waals surface area contributed by atoms with Crippen LogP contribution < -0.4 is 10.5 Å². The zero-order chi connectivity index (χ0) is 12.1. The van der Waals surface area contributed by atoms with Crippen molar-refractivity contribution in [3.8, 4) is 5.75 Å². The van der Waals surface area contributed by atoms with Crippen LogP contribution >= 0.6 is 12.4 Å². The predicted molar refractivity (Wildman–Crippen MR) is 75.8 cm³/mol. The molecule has 0 radical (unpaired) electrons. The van der Waals surface area contributed by atoms with Gasteiger partial charge in [-0.15, -0.1) is 12.4 Å². The maximum Gasteiger partial charge on any atom is 0.119 e. The van der Waals surface area contributed by atoms with E-state index in [1.54, 1.807) is 0 Å². The van der Waals surface area contributed by atoms with Crippen molar-refractivity contribution in [2.24, 2.45) is 11.7 Å². The van der Waals surface area contributed by atoms with Crippen molar-refractivity contribution in [2.75, 3.05) is 0 Å². The van der Waals surface area contributed by atoms with E-state index in [-0.39, 0.29) is 24.6 Å². The Hall–Kier alpha value is -0.730. The van der Waals surface area contributed by atoms with Gasteiger partial charge in [-0.1, -0.05) is 26.0 Å². The van der Waals surface area contributed by atoms with E-state index in [0.717, 1.165) is 12.2 Å². The van der Waals surface area contributed by atoms with E-state index < -0.39 is 0 Å². The molecule has 0 bridgehead atoms. The molecule has 0 heterocycles. The number of nitrogens with two attached hydrogens (primary N) is 1. The van der Waals surface area contributed by atoms with Crippen molar-refractivity contribution in [1.82, 2.24) is 0 Å². The molecule has 0 amide bonds. The molecule has 1 aromatic carbocycles. The second-order valence-corrected chi connectivity index (χ2v) is 4.97. The summed E-state index contributed by atoms with van der Waals surface area (Å²) < 4.78 is 5.59. The molecule has 0 fully saturated rings. The molecule has 2 nitrogen and oxygen atoms in total. The van der Waals surface area contributed by atoms with Gasteiger partial charge in [0.15, 0.2) is 0 Å². The summed E-state index contributed by atoms with van der Waals surface area (Å²) in [4.78, 5) is 0. The largest absolute Gasteiger partial charge is 0.491 e. The quantitative estimate of drug-likeness (QED) is 0.867. The zero-order valence-corrected chi connectivity index (χ0v) is 12.0. The lowest BCUT2D eigenvalue weighted by molar-refractivity contribution is 0.242. The molecule has 1 atom stereocenters. The molecule has 2 N–H and O–H groups in total. The fraction of sp³-hybridized carbons (Fsp3) is 0.571. The number of halogens is 1. The normalized spacial score (nSPS) is 12.4. The minimum absolute atomic E-state index is 0. The van der Waals surface area contributed by atoms with Crippen molar-refractivity contribution in [3.63, 3.8) is 0 Å². The second kappa shape index (κ2) is 7.57. The van der Waals surface area contributed by atoms with Gasteiger partial charge in [-0.25, -0.2) is 0 Å². The van der Waals surface area contributed by atoms with Crippen LogP contribution in [0.3, 0.4) is 0 Å². The van der Waals surface area contributed by atoms with Crippen LogP contribution in [0.15, 0.2) is 24.3 Å². The Morgan fingerprint density at radius 2 is 1.59 bits per heavy atom. The van der Waals surface area contributed by atoms with Gasteiger partial charge >= 0.3 is 0 Å². The number of hydrogen-bond acceptors (Lipinski definition) is 2. The Kier molecular flexibility index (Phi) is 7.24. The fourth-order valence-electron chi connectivity index (χ4n) is 1.71. The van der Waals surface area contributed by atoms with E-state index in [1.807, 2.05) is 26.0 Å². The number of ether oxygens (including phenoxy) is 1. The molecule has 98 valence electrons. The van der Waals surface area contributed by atoms with Gasteiger partial charge in [0, 0.05) is 6.04 Å². The first-order valence-electron chi connectivity index (χ1n) is 6.01. The van der Waals surface area contributed by atoms with E-state index in [1.165, 1.54) is 5.56 Å². The van der Waals surface area contributed by atoms with Crippen molar-refractivity contribution in [3.05, 3.63) is 29.8 Å². The van der Waals surface area contributed by atoms with Crippen molar-refractivity contribution >= 4 is 12.4 Å². The van der Waals surface area contributed by atoms with Crippen LogP contribution in [0.2, 0.25) is 0 Å². The molecule has 0 unspecified atom stereocenters. The third kappa shape index (κ3) is 5.94. The highest BCUT2D eigenvalue weighted by Gasteiger charge is 2.08. The summed E-state index contributed by atoms with van der Waals surface area (Å²) >= 11 is 0. The van der Waals surface area contributed by atoms with Gasteiger partial charge in [0.25, 0.3) is 0 Å². The first-order valence-corrected chi connectivity index (χ1v) is 6.01. The maximum absolute atomic E-state index is 6.11. The van der Waals surface area contributed by atoms with Crippen molar-refractivity contribution in [2.45, 2.75) is 46.3 Å². The molecule has 0 aromatic heterocycles.